The summed E-state index contributed by atoms with van der Waals surface area (Å²) < 4.78 is 0. The number of carbonyl (C=O) groups excluding carboxylic acids is 1. The van der Waals surface area contributed by atoms with Crippen LogP contribution in [0.25, 0.3) is 0 Å². The van der Waals surface area contributed by atoms with Gasteiger partial charge in [0.25, 0.3) is 5.91 Å². The van der Waals surface area contributed by atoms with Crippen molar-refractivity contribution in [1.29, 1.82) is 0 Å². The number of rotatable bonds is 6. The van der Waals surface area contributed by atoms with Crippen LogP contribution in [0.15, 0.2) is 18.2 Å². The highest BCUT2D eigenvalue weighted by Gasteiger charge is 2.10. The summed E-state index contributed by atoms with van der Waals surface area (Å²) in [5, 5.41) is 7.18. The van der Waals surface area contributed by atoms with Crippen molar-refractivity contribution >= 4 is 23.2 Å². The Morgan fingerprint density at radius 1 is 1.40 bits per heavy atom. The Morgan fingerprint density at radius 2 is 2.15 bits per heavy atom. The van der Waals surface area contributed by atoms with Crippen molar-refractivity contribution in [1.82, 2.24) is 10.2 Å². The molecule has 1 aliphatic heterocycles. The van der Waals surface area contributed by atoms with Crippen LogP contribution >= 0.6 is 11.6 Å². The fraction of sp³-hybridized carbons (Fsp3) is 0.500. The summed E-state index contributed by atoms with van der Waals surface area (Å²) in [6.07, 6.45) is 1.02. The zero-order chi connectivity index (χ0) is 14.4. The van der Waals surface area contributed by atoms with Gasteiger partial charge in [0.05, 0.1) is 5.56 Å². The number of halogens is 1. The van der Waals surface area contributed by atoms with Crippen LogP contribution in [0.5, 0.6) is 0 Å². The minimum Gasteiger partial charge on any atom is -0.384 e. The minimum absolute atomic E-state index is 0.439. The second-order valence-corrected chi connectivity index (χ2v) is 5.36. The maximum atomic E-state index is 11.3. The summed E-state index contributed by atoms with van der Waals surface area (Å²) in [4.78, 5) is 13.8. The van der Waals surface area contributed by atoms with E-state index in [-0.39, 0.29) is 0 Å². The van der Waals surface area contributed by atoms with Gasteiger partial charge >= 0.3 is 0 Å². The number of anilines is 1. The molecule has 2 rings (SSSR count). The molecule has 1 heterocycles. The second-order valence-electron chi connectivity index (χ2n) is 4.93. The van der Waals surface area contributed by atoms with E-state index in [0.717, 1.165) is 45.7 Å². The third-order valence-electron chi connectivity index (χ3n) is 3.42. The molecule has 0 bridgehead atoms. The van der Waals surface area contributed by atoms with E-state index in [9.17, 15) is 4.79 Å². The van der Waals surface area contributed by atoms with Gasteiger partial charge in [-0.3, -0.25) is 4.79 Å². The molecule has 6 heteroatoms. The summed E-state index contributed by atoms with van der Waals surface area (Å²) in [5.41, 5.74) is 6.54. The number of piperazine rings is 1. The average Bonchev–Trinajstić information content (AvgIpc) is 2.44. The molecule has 5 nitrogen and oxygen atoms in total. The zero-order valence-corrected chi connectivity index (χ0v) is 12.2. The molecule has 0 radical (unpaired) electrons. The number of nitrogens with two attached hydrogens (primary N) is 1. The van der Waals surface area contributed by atoms with Gasteiger partial charge in [0.2, 0.25) is 0 Å². The number of benzene rings is 1. The summed E-state index contributed by atoms with van der Waals surface area (Å²) in [6.45, 7) is 6.18. The molecular weight excluding hydrogens is 276 g/mol. The van der Waals surface area contributed by atoms with Crippen LogP contribution in [-0.4, -0.2) is 50.1 Å². The molecule has 4 N–H and O–H groups in total. The maximum Gasteiger partial charge on any atom is 0.250 e. The molecule has 1 aliphatic rings. The van der Waals surface area contributed by atoms with Gasteiger partial charge in [-0.25, -0.2) is 0 Å². The average molecular weight is 297 g/mol. The Balaban J connectivity index is 1.81. The Morgan fingerprint density at radius 3 is 2.85 bits per heavy atom. The van der Waals surface area contributed by atoms with E-state index in [4.69, 9.17) is 17.3 Å². The molecule has 1 amide bonds. The van der Waals surface area contributed by atoms with Crippen molar-refractivity contribution in [2.45, 2.75) is 6.42 Å². The first-order valence-electron chi connectivity index (χ1n) is 6.93. The van der Waals surface area contributed by atoms with Gasteiger partial charge in [-0.05, 0) is 31.2 Å². The standard InChI is InChI=1S/C14H21ClN4O/c15-11-2-3-12(14(16)20)13(10-11)18-4-1-7-19-8-5-17-6-9-19/h2-3,10,17-18H,1,4-9H2,(H2,16,20). The van der Waals surface area contributed by atoms with E-state index >= 15 is 0 Å². The molecule has 110 valence electrons. The summed E-state index contributed by atoms with van der Waals surface area (Å²) in [5.74, 6) is -0.439. The second kappa shape index (κ2) is 7.47. The first-order valence-corrected chi connectivity index (χ1v) is 7.31. The van der Waals surface area contributed by atoms with Gasteiger partial charge < -0.3 is 21.3 Å². The summed E-state index contributed by atoms with van der Waals surface area (Å²) in [6, 6.07) is 5.07. The number of nitrogens with one attached hydrogen (secondary N) is 2. The van der Waals surface area contributed by atoms with Gasteiger partial charge in [-0.15, -0.1) is 0 Å². The minimum atomic E-state index is -0.439. The molecule has 1 fully saturated rings. The van der Waals surface area contributed by atoms with Crippen LogP contribution in [-0.2, 0) is 0 Å². The molecule has 20 heavy (non-hydrogen) atoms. The topological polar surface area (TPSA) is 70.4 Å². The highest BCUT2D eigenvalue weighted by atomic mass is 35.5. The molecule has 0 atom stereocenters. The SMILES string of the molecule is NC(=O)c1ccc(Cl)cc1NCCCN1CCNCC1. The summed E-state index contributed by atoms with van der Waals surface area (Å²) in [7, 11) is 0. The van der Waals surface area contributed by atoms with E-state index < -0.39 is 5.91 Å². The molecule has 1 aromatic carbocycles. The van der Waals surface area contributed by atoms with Crippen molar-refractivity contribution in [3.63, 3.8) is 0 Å². The Hall–Kier alpha value is -1.30. The van der Waals surface area contributed by atoms with Crippen molar-refractivity contribution in [3.8, 4) is 0 Å². The van der Waals surface area contributed by atoms with Crippen molar-refractivity contribution in [2.75, 3.05) is 44.6 Å². The number of hydrogen-bond donors (Lipinski definition) is 3. The van der Waals surface area contributed by atoms with Crippen LogP contribution < -0.4 is 16.4 Å². The zero-order valence-electron chi connectivity index (χ0n) is 11.5. The van der Waals surface area contributed by atoms with Gasteiger partial charge in [0, 0.05) is 43.4 Å². The molecule has 1 aromatic rings. The van der Waals surface area contributed by atoms with Crippen molar-refractivity contribution < 1.29 is 4.79 Å². The first-order chi connectivity index (χ1) is 9.66. The lowest BCUT2D eigenvalue weighted by atomic mass is 10.1. The largest absolute Gasteiger partial charge is 0.384 e. The van der Waals surface area contributed by atoms with E-state index in [1.165, 1.54) is 0 Å². The van der Waals surface area contributed by atoms with Gasteiger partial charge in [-0.2, -0.15) is 0 Å². The quantitative estimate of drug-likeness (QED) is 0.689. The normalized spacial score (nSPS) is 16.1. The molecule has 0 aromatic heterocycles. The predicted octanol–water partition coefficient (Wildman–Crippen LogP) is 1.15. The molecule has 0 unspecified atom stereocenters. The van der Waals surface area contributed by atoms with Gasteiger partial charge in [0.1, 0.15) is 0 Å². The highest BCUT2D eigenvalue weighted by molar-refractivity contribution is 6.31. The van der Waals surface area contributed by atoms with Crippen molar-refractivity contribution in [3.05, 3.63) is 28.8 Å². The van der Waals surface area contributed by atoms with E-state index in [0.29, 0.717) is 16.3 Å². The molecule has 0 aliphatic carbocycles. The monoisotopic (exact) mass is 296 g/mol. The van der Waals surface area contributed by atoms with E-state index in [2.05, 4.69) is 15.5 Å². The number of carbonyl (C=O) groups is 1. The summed E-state index contributed by atoms with van der Waals surface area (Å²) >= 11 is 5.95. The Labute approximate surface area is 124 Å². The predicted molar refractivity (Wildman–Crippen MR) is 82.4 cm³/mol. The third-order valence-corrected chi connectivity index (χ3v) is 3.66. The number of primary amides is 1. The van der Waals surface area contributed by atoms with E-state index in [1.54, 1.807) is 18.2 Å². The molecule has 1 saturated heterocycles. The van der Waals surface area contributed by atoms with Crippen LogP contribution in [0.3, 0.4) is 0 Å². The molecular formula is C14H21ClN4O. The molecule has 0 saturated carbocycles. The lowest BCUT2D eigenvalue weighted by molar-refractivity contribution is 0.100. The lowest BCUT2D eigenvalue weighted by Crippen LogP contribution is -2.44. The number of amides is 1. The Bertz CT molecular complexity index is 460. The lowest BCUT2D eigenvalue weighted by Gasteiger charge is -2.27. The first kappa shape index (κ1) is 15.1. The van der Waals surface area contributed by atoms with Crippen molar-refractivity contribution in [2.24, 2.45) is 5.73 Å². The van der Waals surface area contributed by atoms with Gasteiger partial charge in [0.15, 0.2) is 0 Å². The highest BCUT2D eigenvalue weighted by Crippen LogP contribution is 2.20. The fourth-order valence-electron chi connectivity index (χ4n) is 2.34. The molecule has 0 spiro atoms. The van der Waals surface area contributed by atoms with Gasteiger partial charge in [-0.1, -0.05) is 11.6 Å². The van der Waals surface area contributed by atoms with E-state index in [1.807, 2.05) is 0 Å². The number of nitrogens with zero attached hydrogens (tertiary/aromatic N) is 1. The van der Waals surface area contributed by atoms with Crippen LogP contribution in [0.4, 0.5) is 5.69 Å². The maximum absolute atomic E-state index is 11.3. The third kappa shape index (κ3) is 4.37. The van der Waals surface area contributed by atoms with Crippen LogP contribution in [0.2, 0.25) is 5.02 Å². The smallest absolute Gasteiger partial charge is 0.250 e. The van der Waals surface area contributed by atoms with Crippen LogP contribution in [0.1, 0.15) is 16.8 Å². The number of hydrogen-bond acceptors (Lipinski definition) is 4. The van der Waals surface area contributed by atoms with Crippen LogP contribution in [0, 0.1) is 0 Å². The Kier molecular flexibility index (Phi) is 5.64. The fourth-order valence-corrected chi connectivity index (χ4v) is 2.51.